The minimum Gasteiger partial charge on any atom is -0.366 e. The van der Waals surface area contributed by atoms with E-state index in [1.807, 2.05) is 19.1 Å². The zero-order valence-electron chi connectivity index (χ0n) is 16.2. The minimum absolute atomic E-state index is 0.102. The van der Waals surface area contributed by atoms with Gasteiger partial charge >= 0.3 is 0 Å². The predicted molar refractivity (Wildman–Crippen MR) is 115 cm³/mol. The molecule has 150 valence electrons. The zero-order chi connectivity index (χ0) is 21.0. The van der Waals surface area contributed by atoms with E-state index in [4.69, 9.17) is 5.73 Å². The lowest BCUT2D eigenvalue weighted by molar-refractivity contribution is -0.115. The van der Waals surface area contributed by atoms with Crippen LogP contribution in [0, 0.1) is 0 Å². The van der Waals surface area contributed by atoms with Gasteiger partial charge in [-0.15, -0.1) is 0 Å². The summed E-state index contributed by atoms with van der Waals surface area (Å²) >= 11 is 1.24. The molecule has 3 aromatic rings. The van der Waals surface area contributed by atoms with E-state index in [0.717, 1.165) is 6.42 Å². The molecule has 1 heterocycles. The Bertz CT molecular complexity index is 1110. The normalized spacial score (nSPS) is 11.9. The number of thioether (sulfide) groups is 1. The van der Waals surface area contributed by atoms with Gasteiger partial charge in [0.15, 0.2) is 5.16 Å². The maximum Gasteiger partial charge on any atom is 0.262 e. The van der Waals surface area contributed by atoms with Crippen LogP contribution in [0.2, 0.25) is 0 Å². The van der Waals surface area contributed by atoms with Crippen molar-refractivity contribution in [1.29, 1.82) is 0 Å². The summed E-state index contributed by atoms with van der Waals surface area (Å²) in [5.74, 6) is -0.754. The van der Waals surface area contributed by atoms with E-state index in [-0.39, 0.29) is 11.5 Å². The Labute approximate surface area is 172 Å². The molecule has 1 atom stereocenters. The van der Waals surface area contributed by atoms with Gasteiger partial charge in [0.25, 0.3) is 5.56 Å². The fourth-order valence-corrected chi connectivity index (χ4v) is 3.77. The molecule has 2 aromatic carbocycles. The number of nitrogens with two attached hydrogens (primary N) is 1. The van der Waals surface area contributed by atoms with E-state index in [0.29, 0.717) is 33.9 Å². The summed E-state index contributed by atoms with van der Waals surface area (Å²) < 4.78 is 1.62. The molecular formula is C21H22N4O3S. The molecule has 0 bridgehead atoms. The molecular weight excluding hydrogens is 388 g/mol. The number of carbonyl (C=O) groups is 2. The number of aromatic nitrogens is 2. The molecule has 0 spiro atoms. The highest BCUT2D eigenvalue weighted by Crippen LogP contribution is 2.24. The highest BCUT2D eigenvalue weighted by atomic mass is 32.2. The average Bonchev–Trinajstić information content (AvgIpc) is 2.71. The number of benzene rings is 2. The minimum atomic E-state index is -0.525. The Morgan fingerprint density at radius 3 is 2.52 bits per heavy atom. The number of amides is 2. The van der Waals surface area contributed by atoms with Crippen molar-refractivity contribution in [3.63, 3.8) is 0 Å². The fraction of sp³-hybridized carbons (Fsp3) is 0.238. The Hall–Kier alpha value is -3.13. The maximum atomic E-state index is 12.8. The molecule has 0 saturated carbocycles. The summed E-state index contributed by atoms with van der Waals surface area (Å²) in [5, 5.41) is 3.40. The Morgan fingerprint density at radius 1 is 1.17 bits per heavy atom. The number of primary amides is 1. The number of fused-ring (bicyclic) bond motifs is 1. The molecule has 29 heavy (non-hydrogen) atoms. The monoisotopic (exact) mass is 410 g/mol. The van der Waals surface area contributed by atoms with Crippen LogP contribution in [0.4, 0.5) is 5.69 Å². The van der Waals surface area contributed by atoms with Gasteiger partial charge in [-0.3, -0.25) is 19.0 Å². The van der Waals surface area contributed by atoms with Crippen LogP contribution in [-0.2, 0) is 11.3 Å². The van der Waals surface area contributed by atoms with Crippen LogP contribution in [0.5, 0.6) is 0 Å². The zero-order valence-corrected chi connectivity index (χ0v) is 17.0. The van der Waals surface area contributed by atoms with Gasteiger partial charge in [-0.2, -0.15) is 0 Å². The van der Waals surface area contributed by atoms with Crippen molar-refractivity contribution < 1.29 is 9.59 Å². The molecule has 2 amide bonds. The summed E-state index contributed by atoms with van der Waals surface area (Å²) in [6.45, 7) is 4.28. The van der Waals surface area contributed by atoms with Crippen LogP contribution >= 0.6 is 11.8 Å². The number of anilines is 1. The number of hydrogen-bond acceptors (Lipinski definition) is 5. The van der Waals surface area contributed by atoms with Crippen molar-refractivity contribution >= 4 is 40.2 Å². The van der Waals surface area contributed by atoms with Gasteiger partial charge in [0.05, 0.1) is 16.2 Å². The van der Waals surface area contributed by atoms with Crippen LogP contribution in [0.15, 0.2) is 58.5 Å². The molecule has 0 fully saturated rings. The first-order chi connectivity index (χ1) is 13.9. The maximum absolute atomic E-state index is 12.8. The summed E-state index contributed by atoms with van der Waals surface area (Å²) in [6.07, 6.45) is 0.778. The second kappa shape index (κ2) is 8.91. The van der Waals surface area contributed by atoms with Gasteiger partial charge in [-0.25, -0.2) is 4.98 Å². The lowest BCUT2D eigenvalue weighted by Crippen LogP contribution is -2.27. The van der Waals surface area contributed by atoms with E-state index >= 15 is 0 Å². The topological polar surface area (TPSA) is 107 Å². The first-order valence-electron chi connectivity index (χ1n) is 9.27. The predicted octanol–water partition coefficient (Wildman–Crippen LogP) is 3.02. The summed E-state index contributed by atoms with van der Waals surface area (Å²) in [6, 6.07) is 13.6. The van der Waals surface area contributed by atoms with Crippen molar-refractivity contribution in [2.45, 2.75) is 37.2 Å². The lowest BCUT2D eigenvalue weighted by atomic mass is 10.2. The van der Waals surface area contributed by atoms with E-state index in [1.54, 1.807) is 47.9 Å². The van der Waals surface area contributed by atoms with E-state index < -0.39 is 11.2 Å². The van der Waals surface area contributed by atoms with Gasteiger partial charge in [-0.05, 0) is 49.7 Å². The third-order valence-corrected chi connectivity index (χ3v) is 5.45. The number of nitrogens with one attached hydrogen (secondary N) is 1. The second-order valence-corrected chi connectivity index (χ2v) is 7.87. The largest absolute Gasteiger partial charge is 0.366 e. The fourth-order valence-electron chi connectivity index (χ4n) is 2.83. The highest BCUT2D eigenvalue weighted by molar-refractivity contribution is 8.00. The highest BCUT2D eigenvalue weighted by Gasteiger charge is 2.19. The van der Waals surface area contributed by atoms with Crippen molar-refractivity contribution in [3.05, 3.63) is 64.4 Å². The van der Waals surface area contributed by atoms with Gasteiger partial charge in [-0.1, -0.05) is 30.8 Å². The molecule has 8 heteroatoms. The van der Waals surface area contributed by atoms with Crippen molar-refractivity contribution in [2.75, 3.05) is 5.32 Å². The van der Waals surface area contributed by atoms with Gasteiger partial charge in [0.1, 0.15) is 0 Å². The van der Waals surface area contributed by atoms with E-state index in [9.17, 15) is 14.4 Å². The van der Waals surface area contributed by atoms with E-state index in [2.05, 4.69) is 10.3 Å². The smallest absolute Gasteiger partial charge is 0.262 e. The summed E-state index contributed by atoms with van der Waals surface area (Å²) in [4.78, 5) is 41.2. The molecule has 0 radical (unpaired) electrons. The number of carbonyl (C=O) groups excluding carboxylic acids is 2. The van der Waals surface area contributed by atoms with Crippen molar-refractivity contribution in [2.24, 2.45) is 5.73 Å². The van der Waals surface area contributed by atoms with Crippen LogP contribution in [0.25, 0.3) is 10.9 Å². The molecule has 0 aliphatic heterocycles. The Morgan fingerprint density at radius 2 is 1.86 bits per heavy atom. The third kappa shape index (κ3) is 4.65. The molecule has 3 rings (SSSR count). The molecule has 3 N–H and O–H groups in total. The van der Waals surface area contributed by atoms with Crippen molar-refractivity contribution in [1.82, 2.24) is 9.55 Å². The van der Waals surface area contributed by atoms with Crippen molar-refractivity contribution in [3.8, 4) is 0 Å². The molecule has 0 aliphatic rings. The second-order valence-electron chi connectivity index (χ2n) is 6.56. The average molecular weight is 410 g/mol. The Balaban J connectivity index is 1.81. The molecule has 7 nitrogen and oxygen atoms in total. The SMILES string of the molecule is CCCn1c(S[C@H](C)C(=O)Nc2ccc(C(N)=O)cc2)nc2ccccc2c1=O. The summed E-state index contributed by atoms with van der Waals surface area (Å²) in [5.41, 5.74) is 6.67. The Kier molecular flexibility index (Phi) is 6.33. The van der Waals surface area contributed by atoms with Gasteiger partial charge in [0, 0.05) is 17.8 Å². The third-order valence-electron chi connectivity index (χ3n) is 4.36. The van der Waals surface area contributed by atoms with Crippen LogP contribution in [-0.4, -0.2) is 26.6 Å². The summed E-state index contributed by atoms with van der Waals surface area (Å²) in [7, 11) is 0. The first-order valence-corrected chi connectivity index (χ1v) is 10.2. The molecule has 0 unspecified atom stereocenters. The number of nitrogens with zero attached hydrogens (tertiary/aromatic N) is 2. The van der Waals surface area contributed by atoms with Crippen LogP contribution < -0.4 is 16.6 Å². The number of rotatable bonds is 7. The molecule has 0 aliphatic carbocycles. The molecule has 0 saturated heterocycles. The number of para-hydroxylation sites is 1. The molecule has 1 aromatic heterocycles. The first kappa shape index (κ1) is 20.6. The van der Waals surface area contributed by atoms with Gasteiger partial charge < -0.3 is 11.1 Å². The van der Waals surface area contributed by atoms with Crippen LogP contribution in [0.3, 0.4) is 0 Å². The quantitative estimate of drug-likeness (QED) is 0.460. The number of hydrogen-bond donors (Lipinski definition) is 2. The standard InChI is InChI=1S/C21H22N4O3S/c1-3-12-25-20(28)16-6-4-5-7-17(16)24-21(25)29-13(2)19(27)23-15-10-8-14(9-11-15)18(22)26/h4-11,13H,3,12H2,1-2H3,(H2,22,26)(H,23,27)/t13-/m1/s1. The lowest BCUT2D eigenvalue weighted by Gasteiger charge is -2.16. The van der Waals surface area contributed by atoms with Gasteiger partial charge in [0.2, 0.25) is 11.8 Å². The van der Waals surface area contributed by atoms with E-state index in [1.165, 1.54) is 11.8 Å². The van der Waals surface area contributed by atoms with Crippen LogP contribution in [0.1, 0.15) is 30.6 Å².